The van der Waals surface area contributed by atoms with Crippen LogP contribution in [0.1, 0.15) is 0 Å². The molecular formula is C18H19F3N4O. The van der Waals surface area contributed by atoms with Crippen LogP contribution < -0.4 is 15.5 Å². The second kappa shape index (κ2) is 7.65. The summed E-state index contributed by atoms with van der Waals surface area (Å²) in [4.78, 5) is 16.4. The van der Waals surface area contributed by atoms with E-state index in [1.807, 2.05) is 12.1 Å². The zero-order valence-electron chi connectivity index (χ0n) is 14.2. The van der Waals surface area contributed by atoms with Crippen molar-refractivity contribution in [3.63, 3.8) is 0 Å². The van der Waals surface area contributed by atoms with E-state index in [9.17, 15) is 18.0 Å². The van der Waals surface area contributed by atoms with Gasteiger partial charge in [-0.05, 0) is 43.4 Å². The van der Waals surface area contributed by atoms with Gasteiger partial charge in [0.15, 0.2) is 17.5 Å². The van der Waals surface area contributed by atoms with Gasteiger partial charge >= 0.3 is 6.03 Å². The van der Waals surface area contributed by atoms with Crippen molar-refractivity contribution in [2.24, 2.45) is 0 Å². The fraction of sp³-hybridized carbons (Fsp3) is 0.278. The number of hydrogen-bond acceptors (Lipinski definition) is 3. The van der Waals surface area contributed by atoms with Crippen LogP contribution in [0.5, 0.6) is 0 Å². The molecule has 0 aliphatic carbocycles. The molecule has 0 saturated carbocycles. The Hall–Kier alpha value is -2.74. The first-order valence-corrected chi connectivity index (χ1v) is 8.19. The number of nitrogens with zero attached hydrogens (tertiary/aromatic N) is 2. The van der Waals surface area contributed by atoms with Crippen LogP contribution in [-0.2, 0) is 0 Å². The quantitative estimate of drug-likeness (QED) is 0.820. The fourth-order valence-corrected chi connectivity index (χ4v) is 2.73. The summed E-state index contributed by atoms with van der Waals surface area (Å²) in [6.07, 6.45) is 0. The second-order valence-electron chi connectivity index (χ2n) is 6.14. The third-order valence-corrected chi connectivity index (χ3v) is 4.28. The molecule has 3 rings (SSSR count). The van der Waals surface area contributed by atoms with Crippen LogP contribution in [0, 0.1) is 17.5 Å². The van der Waals surface area contributed by atoms with Crippen molar-refractivity contribution in [1.29, 1.82) is 0 Å². The molecule has 1 fully saturated rings. The zero-order valence-corrected chi connectivity index (χ0v) is 14.2. The molecular weight excluding hydrogens is 345 g/mol. The highest BCUT2D eigenvalue weighted by Gasteiger charge is 2.16. The summed E-state index contributed by atoms with van der Waals surface area (Å²) in [5.74, 6) is -4.38. The van der Waals surface area contributed by atoms with E-state index in [2.05, 4.69) is 27.5 Å². The summed E-state index contributed by atoms with van der Waals surface area (Å²) < 4.78 is 39.7. The molecule has 5 nitrogen and oxygen atoms in total. The Balaban J connectivity index is 1.60. The van der Waals surface area contributed by atoms with Crippen LogP contribution in [0.3, 0.4) is 0 Å². The molecule has 26 heavy (non-hydrogen) atoms. The second-order valence-corrected chi connectivity index (χ2v) is 6.14. The van der Waals surface area contributed by atoms with Crippen molar-refractivity contribution < 1.29 is 18.0 Å². The Bertz CT molecular complexity index is 790. The highest BCUT2D eigenvalue weighted by molar-refractivity contribution is 5.99. The molecule has 138 valence electrons. The molecule has 1 aliphatic heterocycles. The first kappa shape index (κ1) is 18.1. The summed E-state index contributed by atoms with van der Waals surface area (Å²) in [5.41, 5.74) is 1.12. The zero-order chi connectivity index (χ0) is 18.7. The third-order valence-electron chi connectivity index (χ3n) is 4.28. The Morgan fingerprint density at radius 3 is 2.19 bits per heavy atom. The topological polar surface area (TPSA) is 47.6 Å². The number of nitrogens with one attached hydrogen (secondary N) is 2. The van der Waals surface area contributed by atoms with Gasteiger partial charge in [-0.25, -0.2) is 18.0 Å². The van der Waals surface area contributed by atoms with Crippen LogP contribution in [-0.4, -0.2) is 44.2 Å². The summed E-state index contributed by atoms with van der Waals surface area (Å²) >= 11 is 0. The first-order valence-electron chi connectivity index (χ1n) is 8.19. The first-order chi connectivity index (χ1) is 12.4. The Morgan fingerprint density at radius 2 is 1.54 bits per heavy atom. The third kappa shape index (κ3) is 4.08. The maximum atomic E-state index is 13.6. The minimum atomic E-state index is -1.63. The number of amides is 2. The predicted octanol–water partition coefficient (Wildman–Crippen LogP) is 3.50. The maximum Gasteiger partial charge on any atom is 0.323 e. The number of anilines is 3. The molecule has 0 radical (unpaired) electrons. The number of piperazine rings is 1. The molecule has 1 saturated heterocycles. The summed E-state index contributed by atoms with van der Waals surface area (Å²) in [6, 6.07) is 8.20. The van der Waals surface area contributed by atoms with Gasteiger partial charge in [-0.15, -0.1) is 0 Å². The van der Waals surface area contributed by atoms with Crippen LogP contribution >= 0.6 is 0 Å². The van der Waals surface area contributed by atoms with E-state index in [4.69, 9.17) is 0 Å². The minimum absolute atomic E-state index is 0.435. The van der Waals surface area contributed by atoms with E-state index in [0.29, 0.717) is 5.69 Å². The number of halogens is 3. The average Bonchev–Trinajstić information content (AvgIpc) is 2.64. The van der Waals surface area contributed by atoms with E-state index in [1.165, 1.54) is 0 Å². The van der Waals surface area contributed by atoms with Crippen molar-refractivity contribution in [2.45, 2.75) is 0 Å². The highest BCUT2D eigenvalue weighted by atomic mass is 19.2. The normalized spacial score (nSPS) is 15.0. The van der Waals surface area contributed by atoms with E-state index < -0.39 is 29.2 Å². The molecule has 1 aliphatic rings. The van der Waals surface area contributed by atoms with Crippen LogP contribution in [0.2, 0.25) is 0 Å². The standard InChI is InChI=1S/C18H19F3N4O/c1-24-8-10-25(11-9-24)13-4-2-12(3-5-13)22-18(26)23-15-7-6-14(19)16(20)17(15)21/h2-7H,8-11H2,1H3,(H2,22,23,26). The fourth-order valence-electron chi connectivity index (χ4n) is 2.73. The van der Waals surface area contributed by atoms with Gasteiger partial charge in [0.1, 0.15) is 0 Å². The van der Waals surface area contributed by atoms with Crippen LogP contribution in [0.4, 0.5) is 35.0 Å². The largest absolute Gasteiger partial charge is 0.369 e. The number of urea groups is 1. The molecule has 2 N–H and O–H groups in total. The van der Waals surface area contributed by atoms with Crippen molar-refractivity contribution in [1.82, 2.24) is 4.90 Å². The Morgan fingerprint density at radius 1 is 0.885 bits per heavy atom. The van der Waals surface area contributed by atoms with Gasteiger partial charge in [0, 0.05) is 37.6 Å². The van der Waals surface area contributed by atoms with E-state index in [-0.39, 0.29) is 0 Å². The summed E-state index contributed by atoms with van der Waals surface area (Å²) in [5, 5.41) is 4.69. The molecule has 0 bridgehead atoms. The van der Waals surface area contributed by atoms with Crippen LogP contribution in [0.25, 0.3) is 0 Å². The lowest BCUT2D eigenvalue weighted by atomic mass is 10.2. The summed E-state index contributed by atoms with van der Waals surface area (Å²) in [7, 11) is 2.08. The van der Waals surface area contributed by atoms with Crippen molar-refractivity contribution >= 4 is 23.1 Å². The van der Waals surface area contributed by atoms with Crippen molar-refractivity contribution in [3.8, 4) is 0 Å². The van der Waals surface area contributed by atoms with Crippen molar-refractivity contribution in [3.05, 3.63) is 53.8 Å². The Kier molecular flexibility index (Phi) is 5.32. The minimum Gasteiger partial charge on any atom is -0.369 e. The lowest BCUT2D eigenvalue weighted by Gasteiger charge is -2.34. The van der Waals surface area contributed by atoms with E-state index in [0.717, 1.165) is 44.0 Å². The molecule has 0 atom stereocenters. The smallest absolute Gasteiger partial charge is 0.323 e. The molecule has 2 aromatic rings. The van der Waals surface area contributed by atoms with Gasteiger partial charge in [0.05, 0.1) is 5.69 Å². The van der Waals surface area contributed by atoms with Gasteiger partial charge in [0.25, 0.3) is 0 Å². The lowest BCUT2D eigenvalue weighted by Crippen LogP contribution is -2.44. The average molecular weight is 364 g/mol. The predicted molar refractivity (Wildman–Crippen MR) is 95.1 cm³/mol. The molecule has 0 aromatic heterocycles. The Labute approximate surface area is 149 Å². The molecule has 8 heteroatoms. The van der Waals surface area contributed by atoms with E-state index >= 15 is 0 Å². The number of carbonyl (C=O) groups is 1. The SMILES string of the molecule is CN1CCN(c2ccc(NC(=O)Nc3ccc(F)c(F)c3F)cc2)CC1. The number of benzene rings is 2. The van der Waals surface area contributed by atoms with Crippen LogP contribution in [0.15, 0.2) is 36.4 Å². The summed E-state index contributed by atoms with van der Waals surface area (Å²) in [6.45, 7) is 3.84. The molecule has 0 spiro atoms. The number of hydrogen-bond donors (Lipinski definition) is 2. The lowest BCUT2D eigenvalue weighted by molar-refractivity contribution is 0.262. The number of rotatable bonds is 3. The molecule has 1 heterocycles. The number of carbonyl (C=O) groups excluding carboxylic acids is 1. The number of likely N-dealkylation sites (N-methyl/N-ethyl adjacent to an activating group) is 1. The van der Waals surface area contributed by atoms with Crippen molar-refractivity contribution in [2.75, 3.05) is 48.8 Å². The van der Waals surface area contributed by atoms with Gasteiger partial charge in [0.2, 0.25) is 0 Å². The molecule has 0 unspecified atom stereocenters. The highest BCUT2D eigenvalue weighted by Crippen LogP contribution is 2.21. The molecule has 2 aromatic carbocycles. The van der Waals surface area contributed by atoms with Gasteiger partial charge in [-0.3, -0.25) is 0 Å². The van der Waals surface area contributed by atoms with Gasteiger partial charge < -0.3 is 20.4 Å². The van der Waals surface area contributed by atoms with Gasteiger partial charge in [-0.1, -0.05) is 0 Å². The monoisotopic (exact) mass is 364 g/mol. The maximum absolute atomic E-state index is 13.6. The molecule has 2 amide bonds. The van der Waals surface area contributed by atoms with E-state index in [1.54, 1.807) is 12.1 Å². The van der Waals surface area contributed by atoms with Gasteiger partial charge in [-0.2, -0.15) is 0 Å².